The predicted octanol–water partition coefficient (Wildman–Crippen LogP) is 4.46. The van der Waals surface area contributed by atoms with Crippen molar-refractivity contribution in [1.29, 1.82) is 0 Å². The lowest BCUT2D eigenvalue weighted by molar-refractivity contribution is -0.119. The molecule has 7 nitrogen and oxygen atoms in total. The lowest BCUT2D eigenvalue weighted by atomic mass is 10.2. The fourth-order valence-electron chi connectivity index (χ4n) is 3.16. The molecule has 0 radical (unpaired) electrons. The summed E-state index contributed by atoms with van der Waals surface area (Å²) in [5.41, 5.74) is 4.65. The van der Waals surface area contributed by atoms with E-state index in [4.69, 9.17) is 4.74 Å². The highest BCUT2D eigenvalue weighted by Crippen LogP contribution is 2.27. The van der Waals surface area contributed by atoms with E-state index in [9.17, 15) is 13.2 Å². The van der Waals surface area contributed by atoms with Crippen molar-refractivity contribution in [1.82, 2.24) is 5.43 Å². The monoisotopic (exact) mass is 497 g/mol. The van der Waals surface area contributed by atoms with E-state index in [1.165, 1.54) is 30.1 Å². The van der Waals surface area contributed by atoms with E-state index in [0.29, 0.717) is 18.0 Å². The summed E-state index contributed by atoms with van der Waals surface area (Å²) in [5, 5.41) is 3.98. The lowest BCUT2D eigenvalue weighted by Crippen LogP contribution is -2.39. The van der Waals surface area contributed by atoms with Gasteiger partial charge in [-0.2, -0.15) is 5.10 Å². The molecule has 0 aliphatic heterocycles. The molecule has 34 heavy (non-hydrogen) atoms. The maximum Gasteiger partial charge on any atom is 0.264 e. The van der Waals surface area contributed by atoms with Crippen LogP contribution in [0.1, 0.15) is 18.1 Å². The molecule has 0 aliphatic rings. The number of sulfonamides is 1. The molecule has 0 unspecified atom stereocenters. The summed E-state index contributed by atoms with van der Waals surface area (Å²) in [7, 11) is -4.01. The zero-order chi connectivity index (χ0) is 24.6. The van der Waals surface area contributed by atoms with Gasteiger partial charge in [0, 0.05) is 4.90 Å². The molecule has 0 saturated carbocycles. The summed E-state index contributed by atoms with van der Waals surface area (Å²) in [6.07, 6.45) is 3.43. The molecule has 9 heteroatoms. The van der Waals surface area contributed by atoms with Gasteiger partial charge < -0.3 is 4.74 Å². The van der Waals surface area contributed by atoms with E-state index in [1.54, 1.807) is 36.4 Å². The van der Waals surface area contributed by atoms with E-state index in [-0.39, 0.29) is 4.90 Å². The summed E-state index contributed by atoms with van der Waals surface area (Å²) in [5.74, 6) is 0.0437. The molecule has 0 bridgehead atoms. The van der Waals surface area contributed by atoms with Crippen molar-refractivity contribution in [2.75, 3.05) is 23.7 Å². The van der Waals surface area contributed by atoms with Crippen LogP contribution in [0, 0.1) is 6.92 Å². The Labute approximate surface area is 204 Å². The second-order valence-corrected chi connectivity index (χ2v) is 10.1. The molecular weight excluding hydrogens is 470 g/mol. The SMILES string of the molecule is CCOc1ccc(N(CC(=O)N/N=C\c2cccc(C)c2)S(=O)(=O)c2ccc(SC)cc2)cc1. The quantitative estimate of drug-likeness (QED) is 0.254. The number of ether oxygens (including phenoxy) is 1. The van der Waals surface area contributed by atoms with Gasteiger partial charge in [0.2, 0.25) is 0 Å². The first kappa shape index (κ1) is 25.3. The highest BCUT2D eigenvalue weighted by molar-refractivity contribution is 7.98. The Kier molecular flexibility index (Phi) is 8.72. The number of nitrogens with zero attached hydrogens (tertiary/aromatic N) is 2. The number of thioether (sulfide) groups is 1. The number of aryl methyl sites for hydroxylation is 1. The Morgan fingerprint density at radius 1 is 1.09 bits per heavy atom. The number of hydrazone groups is 1. The van der Waals surface area contributed by atoms with E-state index < -0.39 is 22.5 Å². The molecule has 0 heterocycles. The van der Waals surface area contributed by atoms with Crippen molar-refractivity contribution in [2.24, 2.45) is 5.10 Å². The normalized spacial score (nSPS) is 11.4. The first-order valence-electron chi connectivity index (χ1n) is 10.6. The number of anilines is 1. The molecule has 178 valence electrons. The Morgan fingerprint density at radius 2 is 1.79 bits per heavy atom. The van der Waals surface area contributed by atoms with Crippen LogP contribution in [0.4, 0.5) is 5.69 Å². The minimum atomic E-state index is -4.01. The molecule has 0 spiro atoms. The third kappa shape index (κ3) is 6.61. The average molecular weight is 498 g/mol. The third-order valence-electron chi connectivity index (χ3n) is 4.82. The number of amides is 1. The van der Waals surface area contributed by atoms with Crippen LogP contribution in [-0.4, -0.2) is 39.9 Å². The minimum Gasteiger partial charge on any atom is -0.494 e. The van der Waals surface area contributed by atoms with Crippen LogP contribution >= 0.6 is 11.8 Å². The predicted molar refractivity (Wildman–Crippen MR) is 137 cm³/mol. The molecule has 0 fully saturated rings. The second-order valence-electron chi connectivity index (χ2n) is 7.32. The van der Waals surface area contributed by atoms with Crippen molar-refractivity contribution < 1.29 is 17.9 Å². The Bertz CT molecular complexity index is 1240. The smallest absolute Gasteiger partial charge is 0.264 e. The van der Waals surface area contributed by atoms with Crippen LogP contribution in [0.5, 0.6) is 5.75 Å². The van der Waals surface area contributed by atoms with Crippen LogP contribution < -0.4 is 14.5 Å². The van der Waals surface area contributed by atoms with Crippen LogP contribution in [0.15, 0.2) is 87.7 Å². The van der Waals surface area contributed by atoms with E-state index >= 15 is 0 Å². The van der Waals surface area contributed by atoms with Crippen LogP contribution in [0.2, 0.25) is 0 Å². The van der Waals surface area contributed by atoms with Gasteiger partial charge in [-0.25, -0.2) is 13.8 Å². The second kappa shape index (κ2) is 11.7. The van der Waals surface area contributed by atoms with Crippen molar-refractivity contribution in [3.05, 3.63) is 83.9 Å². The van der Waals surface area contributed by atoms with Gasteiger partial charge in [0.1, 0.15) is 12.3 Å². The third-order valence-corrected chi connectivity index (χ3v) is 7.35. The number of carbonyl (C=O) groups excluding carboxylic acids is 1. The average Bonchev–Trinajstić information content (AvgIpc) is 2.83. The fraction of sp³-hybridized carbons (Fsp3) is 0.200. The molecule has 1 N–H and O–H groups in total. The zero-order valence-electron chi connectivity index (χ0n) is 19.3. The standard InChI is InChI=1S/C25H27N3O4S2/c1-4-32-22-10-8-21(9-11-22)28(34(30,31)24-14-12-23(33-3)13-15-24)18-25(29)27-26-17-20-7-5-6-19(2)16-20/h5-17H,4,18H2,1-3H3,(H,27,29)/b26-17-. The summed E-state index contributed by atoms with van der Waals surface area (Å²) >= 11 is 1.52. The van der Waals surface area contributed by atoms with Gasteiger partial charge in [-0.05, 0) is 74.2 Å². The van der Waals surface area contributed by atoms with Gasteiger partial charge in [0.25, 0.3) is 15.9 Å². The zero-order valence-corrected chi connectivity index (χ0v) is 20.9. The molecule has 1 amide bonds. The summed E-state index contributed by atoms with van der Waals surface area (Å²) < 4.78 is 33.5. The van der Waals surface area contributed by atoms with Crippen molar-refractivity contribution >= 4 is 39.6 Å². The number of rotatable bonds is 10. The topological polar surface area (TPSA) is 88.1 Å². The van der Waals surface area contributed by atoms with E-state index in [1.807, 2.05) is 44.4 Å². The van der Waals surface area contributed by atoms with E-state index in [0.717, 1.165) is 20.3 Å². The molecule has 0 aromatic heterocycles. The van der Waals surface area contributed by atoms with E-state index in [2.05, 4.69) is 10.5 Å². The van der Waals surface area contributed by atoms with Gasteiger partial charge in [0.05, 0.1) is 23.4 Å². The van der Waals surface area contributed by atoms with Gasteiger partial charge in [-0.1, -0.05) is 29.8 Å². The van der Waals surface area contributed by atoms with Crippen LogP contribution in [-0.2, 0) is 14.8 Å². The maximum atomic E-state index is 13.5. The minimum absolute atomic E-state index is 0.0928. The maximum absolute atomic E-state index is 13.5. The first-order valence-corrected chi connectivity index (χ1v) is 13.3. The molecule has 0 saturated heterocycles. The number of nitrogens with one attached hydrogen (secondary N) is 1. The Balaban J connectivity index is 1.85. The first-order chi connectivity index (χ1) is 16.3. The summed E-state index contributed by atoms with van der Waals surface area (Å²) in [4.78, 5) is 13.7. The fourth-order valence-corrected chi connectivity index (χ4v) is 4.99. The van der Waals surface area contributed by atoms with Crippen molar-refractivity contribution in [3.63, 3.8) is 0 Å². The highest BCUT2D eigenvalue weighted by Gasteiger charge is 2.27. The number of benzene rings is 3. The van der Waals surface area contributed by atoms with Gasteiger partial charge in [-0.3, -0.25) is 9.10 Å². The number of hydrogen-bond donors (Lipinski definition) is 1. The van der Waals surface area contributed by atoms with Gasteiger partial charge in [-0.15, -0.1) is 11.8 Å². The van der Waals surface area contributed by atoms with Crippen molar-refractivity contribution in [2.45, 2.75) is 23.6 Å². The largest absolute Gasteiger partial charge is 0.494 e. The number of carbonyl (C=O) groups is 1. The highest BCUT2D eigenvalue weighted by atomic mass is 32.2. The van der Waals surface area contributed by atoms with Gasteiger partial charge >= 0.3 is 0 Å². The molecular formula is C25H27N3O4S2. The molecule has 0 aliphatic carbocycles. The lowest BCUT2D eigenvalue weighted by Gasteiger charge is -2.24. The Hall–Kier alpha value is -3.30. The molecule has 0 atom stereocenters. The Morgan fingerprint density at radius 3 is 2.41 bits per heavy atom. The van der Waals surface area contributed by atoms with Gasteiger partial charge in [0.15, 0.2) is 0 Å². The van der Waals surface area contributed by atoms with Crippen LogP contribution in [0.25, 0.3) is 0 Å². The molecule has 3 rings (SSSR count). The number of hydrogen-bond acceptors (Lipinski definition) is 6. The van der Waals surface area contributed by atoms with Crippen LogP contribution in [0.3, 0.4) is 0 Å². The summed E-state index contributed by atoms with van der Waals surface area (Å²) in [6.45, 7) is 3.88. The summed E-state index contributed by atoms with van der Waals surface area (Å²) in [6, 6.07) is 20.7. The van der Waals surface area contributed by atoms with Crippen molar-refractivity contribution in [3.8, 4) is 5.75 Å². The molecule has 3 aromatic carbocycles. The molecule has 3 aromatic rings.